The molecule has 0 heterocycles. The molecule has 1 N–H and O–H groups in total. The zero-order chi connectivity index (χ0) is 23.0. The number of rotatable bonds is 10. The van der Waals surface area contributed by atoms with E-state index >= 15 is 0 Å². The van der Waals surface area contributed by atoms with E-state index in [2.05, 4.69) is 97.1 Å². The summed E-state index contributed by atoms with van der Waals surface area (Å²) in [5.74, 6) is 1.84. The van der Waals surface area contributed by atoms with E-state index in [1.807, 2.05) is 12.4 Å². The van der Waals surface area contributed by atoms with Crippen LogP contribution in [0.2, 0.25) is 0 Å². The second-order valence-corrected chi connectivity index (χ2v) is 9.47. The van der Waals surface area contributed by atoms with Crippen LogP contribution in [0.25, 0.3) is 0 Å². The fourth-order valence-electron chi connectivity index (χ4n) is 3.81. The Bertz CT molecular complexity index is 763. The van der Waals surface area contributed by atoms with Crippen molar-refractivity contribution in [2.75, 3.05) is 13.1 Å². The van der Waals surface area contributed by atoms with Gasteiger partial charge in [-0.15, -0.1) is 0 Å². The average Bonchev–Trinajstić information content (AvgIpc) is 2.72. The molecule has 0 aliphatic heterocycles. The van der Waals surface area contributed by atoms with Gasteiger partial charge in [-0.3, -0.25) is 9.98 Å². The Morgan fingerprint density at radius 1 is 0.581 bits per heavy atom. The lowest BCUT2D eigenvalue weighted by atomic mass is 9.93. The number of hydrogen-bond donors (Lipinski definition) is 1. The maximum Gasteiger partial charge on any atom is 0.0695 e. The first-order valence-electron chi connectivity index (χ1n) is 11.7. The van der Waals surface area contributed by atoms with Gasteiger partial charge in [-0.25, -0.2) is 0 Å². The van der Waals surface area contributed by atoms with Crippen LogP contribution in [0.1, 0.15) is 101 Å². The van der Waals surface area contributed by atoms with E-state index < -0.39 is 0 Å². The van der Waals surface area contributed by atoms with Crippen molar-refractivity contribution in [2.24, 2.45) is 9.98 Å². The summed E-state index contributed by atoms with van der Waals surface area (Å²) in [7, 11) is 0. The number of para-hydroxylation sites is 2. The Hall–Kier alpha value is -2.26. The van der Waals surface area contributed by atoms with Gasteiger partial charge in [0.1, 0.15) is 0 Å². The first kappa shape index (κ1) is 25.0. The molecule has 0 radical (unpaired) electrons. The maximum atomic E-state index is 4.85. The minimum atomic E-state index is 0.460. The molecule has 31 heavy (non-hydrogen) atoms. The van der Waals surface area contributed by atoms with Gasteiger partial charge >= 0.3 is 0 Å². The molecule has 2 aromatic rings. The molecule has 0 aliphatic carbocycles. The third-order valence-electron chi connectivity index (χ3n) is 5.60. The molecular weight excluding hydrogens is 378 g/mol. The standard InChI is InChI=1S/C28H41N3/c1-19(2)23-11-9-12-24(20(3)4)27(23)30-17-15-29-16-18-31-28-25(21(5)6)13-10-14-26(28)22(7)8/h9-14,17-22,29H,15-16H2,1-8H3. The third-order valence-corrected chi connectivity index (χ3v) is 5.60. The molecule has 0 amide bonds. The lowest BCUT2D eigenvalue weighted by Crippen LogP contribution is -2.18. The highest BCUT2D eigenvalue weighted by atomic mass is 14.9. The van der Waals surface area contributed by atoms with Crippen LogP contribution in [0.5, 0.6) is 0 Å². The highest BCUT2D eigenvalue weighted by Gasteiger charge is 2.13. The Morgan fingerprint density at radius 3 is 1.13 bits per heavy atom. The largest absolute Gasteiger partial charge is 0.307 e. The van der Waals surface area contributed by atoms with E-state index in [1.165, 1.54) is 22.3 Å². The molecule has 0 saturated carbocycles. The van der Waals surface area contributed by atoms with Gasteiger partial charge in [0.05, 0.1) is 11.4 Å². The SMILES string of the molecule is CC(C)c1cccc(C(C)C)c1N=CCNCC=Nc1c(C(C)C)cccc1C(C)C. The normalized spacial score (nSPS) is 12.5. The van der Waals surface area contributed by atoms with E-state index in [4.69, 9.17) is 9.98 Å². The van der Waals surface area contributed by atoms with Gasteiger partial charge in [0.25, 0.3) is 0 Å². The van der Waals surface area contributed by atoms with Gasteiger partial charge in [-0.2, -0.15) is 0 Å². The Kier molecular flexibility index (Phi) is 9.64. The minimum Gasteiger partial charge on any atom is -0.307 e. The monoisotopic (exact) mass is 419 g/mol. The smallest absolute Gasteiger partial charge is 0.0695 e. The molecule has 0 unspecified atom stereocenters. The van der Waals surface area contributed by atoms with Crippen LogP contribution in [-0.4, -0.2) is 25.5 Å². The topological polar surface area (TPSA) is 36.8 Å². The van der Waals surface area contributed by atoms with Crippen molar-refractivity contribution >= 4 is 23.8 Å². The fraction of sp³-hybridized carbons (Fsp3) is 0.500. The van der Waals surface area contributed by atoms with Crippen molar-refractivity contribution in [1.29, 1.82) is 0 Å². The quantitative estimate of drug-likeness (QED) is 0.308. The summed E-state index contributed by atoms with van der Waals surface area (Å²) in [5.41, 5.74) is 7.53. The van der Waals surface area contributed by atoms with E-state index in [9.17, 15) is 0 Å². The third kappa shape index (κ3) is 6.87. The lowest BCUT2D eigenvalue weighted by molar-refractivity contribution is 0.833. The summed E-state index contributed by atoms with van der Waals surface area (Å²) in [5, 5.41) is 3.42. The zero-order valence-corrected chi connectivity index (χ0v) is 20.7. The second-order valence-electron chi connectivity index (χ2n) is 9.47. The number of benzene rings is 2. The number of aliphatic imine (C=N–C) groups is 2. The van der Waals surface area contributed by atoms with Crippen LogP contribution in [0.15, 0.2) is 46.4 Å². The van der Waals surface area contributed by atoms with Crippen molar-refractivity contribution in [3.05, 3.63) is 58.7 Å². The van der Waals surface area contributed by atoms with Crippen molar-refractivity contribution in [1.82, 2.24) is 5.32 Å². The minimum absolute atomic E-state index is 0.460. The number of hydrogen-bond acceptors (Lipinski definition) is 3. The highest BCUT2D eigenvalue weighted by molar-refractivity contribution is 5.71. The van der Waals surface area contributed by atoms with Crippen molar-refractivity contribution < 1.29 is 0 Å². The molecule has 3 heteroatoms. The van der Waals surface area contributed by atoms with E-state index in [0.717, 1.165) is 24.5 Å². The molecule has 2 rings (SSSR count). The Morgan fingerprint density at radius 2 is 0.871 bits per heavy atom. The predicted molar refractivity (Wildman–Crippen MR) is 138 cm³/mol. The molecule has 2 aromatic carbocycles. The van der Waals surface area contributed by atoms with Crippen LogP contribution in [0, 0.1) is 0 Å². The highest BCUT2D eigenvalue weighted by Crippen LogP contribution is 2.35. The molecule has 3 nitrogen and oxygen atoms in total. The van der Waals surface area contributed by atoms with Crippen LogP contribution in [0.4, 0.5) is 11.4 Å². The van der Waals surface area contributed by atoms with E-state index in [-0.39, 0.29) is 0 Å². The van der Waals surface area contributed by atoms with Gasteiger partial charge in [-0.05, 0) is 45.9 Å². The van der Waals surface area contributed by atoms with Gasteiger partial charge in [0.15, 0.2) is 0 Å². The molecule has 0 saturated heterocycles. The van der Waals surface area contributed by atoms with Crippen LogP contribution in [0.3, 0.4) is 0 Å². The Labute approximate surface area is 190 Å². The van der Waals surface area contributed by atoms with E-state index in [0.29, 0.717) is 23.7 Å². The fourth-order valence-corrected chi connectivity index (χ4v) is 3.81. The van der Waals surface area contributed by atoms with Gasteiger partial charge < -0.3 is 5.32 Å². The molecule has 0 aromatic heterocycles. The summed E-state index contributed by atoms with van der Waals surface area (Å²) in [6, 6.07) is 13.1. The maximum absolute atomic E-state index is 4.85. The van der Waals surface area contributed by atoms with Crippen LogP contribution < -0.4 is 5.32 Å². The first-order chi connectivity index (χ1) is 14.7. The molecule has 0 bridgehead atoms. The van der Waals surface area contributed by atoms with Gasteiger partial charge in [0.2, 0.25) is 0 Å². The lowest BCUT2D eigenvalue weighted by Gasteiger charge is -2.16. The summed E-state index contributed by atoms with van der Waals surface area (Å²) in [6.45, 7) is 19.3. The number of nitrogens with zero attached hydrogens (tertiary/aromatic N) is 2. The van der Waals surface area contributed by atoms with Crippen LogP contribution in [-0.2, 0) is 0 Å². The summed E-state index contributed by atoms with van der Waals surface area (Å²) >= 11 is 0. The zero-order valence-electron chi connectivity index (χ0n) is 20.7. The first-order valence-corrected chi connectivity index (χ1v) is 11.7. The number of nitrogens with one attached hydrogen (secondary N) is 1. The van der Waals surface area contributed by atoms with Gasteiger partial charge in [-0.1, -0.05) is 91.8 Å². The second kappa shape index (κ2) is 12.0. The molecule has 0 fully saturated rings. The molecule has 0 atom stereocenters. The van der Waals surface area contributed by atoms with Crippen molar-refractivity contribution in [2.45, 2.75) is 79.1 Å². The van der Waals surface area contributed by atoms with Gasteiger partial charge in [0, 0.05) is 25.5 Å². The predicted octanol–water partition coefficient (Wildman–Crippen LogP) is 7.87. The molecule has 0 spiro atoms. The summed E-state index contributed by atoms with van der Waals surface area (Å²) in [6.07, 6.45) is 3.98. The average molecular weight is 420 g/mol. The summed E-state index contributed by atoms with van der Waals surface area (Å²) in [4.78, 5) is 9.69. The molecule has 168 valence electrons. The van der Waals surface area contributed by atoms with E-state index in [1.54, 1.807) is 0 Å². The summed E-state index contributed by atoms with van der Waals surface area (Å²) < 4.78 is 0. The Balaban J connectivity index is 2.04. The van der Waals surface area contributed by atoms with Crippen molar-refractivity contribution in [3.63, 3.8) is 0 Å². The molecule has 0 aliphatic rings. The van der Waals surface area contributed by atoms with Crippen molar-refractivity contribution in [3.8, 4) is 0 Å². The molecular formula is C28H41N3. The van der Waals surface area contributed by atoms with Crippen LogP contribution >= 0.6 is 0 Å².